The Morgan fingerprint density at radius 3 is 2.50 bits per heavy atom. The molecule has 32 heavy (non-hydrogen) atoms. The lowest BCUT2D eigenvalue weighted by atomic mass is 10.1. The van der Waals surface area contributed by atoms with Crippen LogP contribution < -0.4 is 10.1 Å². The zero-order chi connectivity index (χ0) is 22.6. The van der Waals surface area contributed by atoms with E-state index in [1.807, 2.05) is 22.9 Å². The van der Waals surface area contributed by atoms with Crippen molar-refractivity contribution in [3.8, 4) is 5.75 Å². The third kappa shape index (κ3) is 4.84. The number of carbonyl (C=O) groups excluding carboxylic acids is 1. The number of benzene rings is 2. The lowest BCUT2D eigenvalue weighted by Gasteiger charge is -2.26. The summed E-state index contributed by atoms with van der Waals surface area (Å²) in [6, 6.07) is 11.9. The predicted octanol–water partition coefficient (Wildman–Crippen LogP) is 3.37. The highest BCUT2D eigenvalue weighted by Crippen LogP contribution is 2.31. The molecule has 1 saturated heterocycles. The number of aromatic nitrogens is 2. The highest BCUT2D eigenvalue weighted by Gasteiger charge is 2.29. The van der Waals surface area contributed by atoms with Crippen LogP contribution in [0.5, 0.6) is 5.75 Å². The molecule has 0 bridgehead atoms. The van der Waals surface area contributed by atoms with Crippen molar-refractivity contribution >= 4 is 21.6 Å². The number of carbonyl (C=O) groups is 1. The van der Waals surface area contributed by atoms with Crippen molar-refractivity contribution in [1.82, 2.24) is 13.9 Å². The Bertz CT molecular complexity index is 1170. The molecule has 1 amide bonds. The minimum Gasteiger partial charge on any atom is -0.495 e. The summed E-state index contributed by atoms with van der Waals surface area (Å²) >= 11 is 0. The molecule has 4 rings (SSSR count). The van der Waals surface area contributed by atoms with Crippen LogP contribution in [0.1, 0.15) is 35.2 Å². The van der Waals surface area contributed by atoms with Gasteiger partial charge in [-0.05, 0) is 48.7 Å². The largest absolute Gasteiger partial charge is 0.495 e. The Labute approximate surface area is 187 Å². The van der Waals surface area contributed by atoms with Crippen molar-refractivity contribution < 1.29 is 17.9 Å². The molecular formula is C23H26N4O4S. The number of hydrogen-bond acceptors (Lipinski definition) is 5. The molecule has 9 heteroatoms. The summed E-state index contributed by atoms with van der Waals surface area (Å²) in [5, 5.41) is 2.80. The van der Waals surface area contributed by atoms with E-state index in [0.29, 0.717) is 30.9 Å². The number of amides is 1. The fraction of sp³-hybridized carbons (Fsp3) is 0.304. The van der Waals surface area contributed by atoms with Gasteiger partial charge in [-0.1, -0.05) is 18.6 Å². The molecule has 2 heterocycles. The maximum absolute atomic E-state index is 13.2. The monoisotopic (exact) mass is 454 g/mol. The van der Waals surface area contributed by atoms with Crippen LogP contribution in [0.25, 0.3) is 0 Å². The molecule has 0 saturated carbocycles. The Morgan fingerprint density at radius 2 is 1.84 bits per heavy atom. The number of sulfonamides is 1. The fourth-order valence-corrected chi connectivity index (χ4v) is 5.45. The highest BCUT2D eigenvalue weighted by molar-refractivity contribution is 7.89. The van der Waals surface area contributed by atoms with Crippen molar-refractivity contribution in [3.63, 3.8) is 0 Å². The first-order chi connectivity index (χ1) is 15.5. The number of piperidine rings is 1. The summed E-state index contributed by atoms with van der Waals surface area (Å²) in [4.78, 5) is 16.8. The maximum atomic E-state index is 13.2. The van der Waals surface area contributed by atoms with Gasteiger partial charge in [-0.2, -0.15) is 4.31 Å². The maximum Gasteiger partial charge on any atom is 0.255 e. The lowest BCUT2D eigenvalue weighted by Crippen LogP contribution is -2.35. The van der Waals surface area contributed by atoms with Gasteiger partial charge in [-0.15, -0.1) is 0 Å². The number of nitrogens with one attached hydrogen (secondary N) is 1. The second-order valence-electron chi connectivity index (χ2n) is 7.72. The molecule has 3 aromatic rings. The minimum atomic E-state index is -3.71. The lowest BCUT2D eigenvalue weighted by molar-refractivity contribution is 0.102. The van der Waals surface area contributed by atoms with Crippen molar-refractivity contribution in [2.75, 3.05) is 25.5 Å². The number of hydrogen-bond donors (Lipinski definition) is 1. The summed E-state index contributed by atoms with van der Waals surface area (Å²) in [5.41, 5.74) is 1.92. The first-order valence-corrected chi connectivity index (χ1v) is 12.0. The van der Waals surface area contributed by atoms with Gasteiger partial charge in [0.1, 0.15) is 10.6 Å². The molecule has 1 fully saturated rings. The normalized spacial score (nSPS) is 14.8. The summed E-state index contributed by atoms with van der Waals surface area (Å²) < 4.78 is 35.1. The second kappa shape index (κ2) is 9.54. The average molecular weight is 455 g/mol. The van der Waals surface area contributed by atoms with Crippen molar-refractivity contribution in [3.05, 3.63) is 72.3 Å². The molecule has 0 unspecified atom stereocenters. The van der Waals surface area contributed by atoms with Gasteiger partial charge in [0, 0.05) is 43.3 Å². The molecule has 168 valence electrons. The second-order valence-corrected chi connectivity index (χ2v) is 9.62. The summed E-state index contributed by atoms with van der Waals surface area (Å²) in [6.45, 7) is 1.65. The Morgan fingerprint density at radius 1 is 1.09 bits per heavy atom. The van der Waals surface area contributed by atoms with Crippen LogP contribution in [0, 0.1) is 0 Å². The van der Waals surface area contributed by atoms with E-state index in [9.17, 15) is 13.2 Å². The van der Waals surface area contributed by atoms with Gasteiger partial charge in [-0.3, -0.25) is 4.79 Å². The van der Waals surface area contributed by atoms with Crippen LogP contribution in [0.4, 0.5) is 5.69 Å². The molecular weight excluding hydrogens is 428 g/mol. The molecule has 0 radical (unpaired) electrons. The third-order valence-electron chi connectivity index (χ3n) is 5.49. The Kier molecular flexibility index (Phi) is 6.57. The SMILES string of the molecule is COc1ccc(NC(=O)c2ccc(Cn3ccnc3)cc2)cc1S(=O)(=O)N1CCCCC1. The van der Waals surface area contributed by atoms with E-state index in [-0.39, 0.29) is 16.6 Å². The zero-order valence-electron chi connectivity index (χ0n) is 17.9. The standard InChI is InChI=1S/C23H26N4O4S/c1-31-21-10-9-20(15-22(21)32(29,30)27-12-3-2-4-13-27)25-23(28)19-7-5-18(6-8-19)16-26-14-11-24-17-26/h5-11,14-15,17H,2-4,12-13,16H2,1H3,(H,25,28). The van der Waals surface area contributed by atoms with E-state index in [0.717, 1.165) is 24.8 Å². The van der Waals surface area contributed by atoms with Crippen LogP contribution in [0.15, 0.2) is 66.1 Å². The van der Waals surface area contributed by atoms with Gasteiger partial charge < -0.3 is 14.6 Å². The van der Waals surface area contributed by atoms with E-state index in [1.54, 1.807) is 36.8 Å². The number of ether oxygens (including phenoxy) is 1. The molecule has 1 aromatic heterocycles. The van der Waals surface area contributed by atoms with E-state index < -0.39 is 10.0 Å². The first kappa shape index (κ1) is 22.0. The summed E-state index contributed by atoms with van der Waals surface area (Å²) in [5.74, 6) is -0.0527. The smallest absolute Gasteiger partial charge is 0.255 e. The van der Waals surface area contributed by atoms with Crippen LogP contribution in [0.3, 0.4) is 0 Å². The van der Waals surface area contributed by atoms with E-state index >= 15 is 0 Å². The first-order valence-electron chi connectivity index (χ1n) is 10.5. The number of rotatable bonds is 7. The van der Waals surface area contributed by atoms with E-state index in [1.165, 1.54) is 17.5 Å². The van der Waals surface area contributed by atoms with Gasteiger partial charge in [0.25, 0.3) is 5.91 Å². The van der Waals surface area contributed by atoms with E-state index in [4.69, 9.17) is 4.74 Å². The van der Waals surface area contributed by atoms with Crippen molar-refractivity contribution in [1.29, 1.82) is 0 Å². The summed E-state index contributed by atoms with van der Waals surface area (Å²) in [7, 11) is -2.27. The topological polar surface area (TPSA) is 93.5 Å². The van der Waals surface area contributed by atoms with Gasteiger partial charge in [-0.25, -0.2) is 13.4 Å². The molecule has 1 aliphatic rings. The average Bonchev–Trinajstić information content (AvgIpc) is 3.33. The molecule has 0 spiro atoms. The molecule has 8 nitrogen and oxygen atoms in total. The van der Waals surface area contributed by atoms with Crippen LogP contribution in [-0.2, 0) is 16.6 Å². The molecule has 2 aromatic carbocycles. The number of anilines is 1. The van der Waals surface area contributed by atoms with Gasteiger partial charge in [0.2, 0.25) is 10.0 Å². The van der Waals surface area contributed by atoms with Crippen molar-refractivity contribution in [2.24, 2.45) is 0 Å². The summed E-state index contributed by atoms with van der Waals surface area (Å²) in [6.07, 6.45) is 8.04. The van der Waals surface area contributed by atoms with Gasteiger partial charge >= 0.3 is 0 Å². The van der Waals surface area contributed by atoms with Crippen LogP contribution in [0.2, 0.25) is 0 Å². The van der Waals surface area contributed by atoms with Crippen LogP contribution in [-0.4, -0.2) is 48.4 Å². The molecule has 1 aliphatic heterocycles. The molecule has 0 aliphatic carbocycles. The third-order valence-corrected chi connectivity index (χ3v) is 7.41. The fourth-order valence-electron chi connectivity index (χ4n) is 3.76. The van der Waals surface area contributed by atoms with Gasteiger partial charge in [0.05, 0.1) is 13.4 Å². The minimum absolute atomic E-state index is 0.0652. The number of nitrogens with zero attached hydrogens (tertiary/aromatic N) is 3. The number of imidazole rings is 1. The molecule has 1 N–H and O–H groups in total. The Hall–Kier alpha value is -3.17. The van der Waals surface area contributed by atoms with Gasteiger partial charge in [0.15, 0.2) is 0 Å². The van der Waals surface area contributed by atoms with E-state index in [2.05, 4.69) is 10.3 Å². The van der Waals surface area contributed by atoms with Crippen molar-refractivity contribution in [2.45, 2.75) is 30.7 Å². The Balaban J connectivity index is 1.51. The predicted molar refractivity (Wildman–Crippen MR) is 121 cm³/mol. The van der Waals surface area contributed by atoms with Crippen LogP contribution >= 0.6 is 0 Å². The number of methoxy groups -OCH3 is 1. The highest BCUT2D eigenvalue weighted by atomic mass is 32.2. The molecule has 0 atom stereocenters. The quantitative estimate of drug-likeness (QED) is 0.591. The zero-order valence-corrected chi connectivity index (χ0v) is 18.7.